The first-order valence-corrected chi connectivity index (χ1v) is 8.32. The Kier molecular flexibility index (Phi) is 5.07. The molecule has 0 aliphatic carbocycles. The standard InChI is InChI=1S/C16H17N3O4S/c1-11-10-17-15(24-11)18-14(20)12-4-2-3-5-13(12)23-16(21)19-6-8-22-9-7-19/h2-5,10H,6-9H2,1H3,(H,17,18,20). The van der Waals surface area contributed by atoms with Gasteiger partial charge in [0.2, 0.25) is 0 Å². The van der Waals surface area contributed by atoms with E-state index < -0.39 is 6.09 Å². The lowest BCUT2D eigenvalue weighted by Crippen LogP contribution is -2.42. The van der Waals surface area contributed by atoms with Crippen LogP contribution in [0, 0.1) is 6.92 Å². The summed E-state index contributed by atoms with van der Waals surface area (Å²) < 4.78 is 10.6. The van der Waals surface area contributed by atoms with Crippen molar-refractivity contribution in [3.8, 4) is 5.75 Å². The Balaban J connectivity index is 1.72. The van der Waals surface area contributed by atoms with Crippen LogP contribution in [0.2, 0.25) is 0 Å². The van der Waals surface area contributed by atoms with Crippen molar-refractivity contribution in [1.29, 1.82) is 0 Å². The molecule has 1 aromatic carbocycles. The predicted octanol–water partition coefficient (Wildman–Crippen LogP) is 2.53. The molecule has 1 saturated heterocycles. The minimum absolute atomic E-state index is 0.222. The molecule has 7 nitrogen and oxygen atoms in total. The number of carbonyl (C=O) groups excluding carboxylic acids is 2. The number of hydrogen-bond donors (Lipinski definition) is 1. The Morgan fingerprint density at radius 3 is 2.75 bits per heavy atom. The van der Waals surface area contributed by atoms with Crippen molar-refractivity contribution < 1.29 is 19.1 Å². The summed E-state index contributed by atoms with van der Waals surface area (Å²) in [6, 6.07) is 6.64. The van der Waals surface area contributed by atoms with E-state index in [2.05, 4.69) is 10.3 Å². The minimum Gasteiger partial charge on any atom is -0.409 e. The second kappa shape index (κ2) is 7.41. The SMILES string of the molecule is Cc1cnc(NC(=O)c2ccccc2OC(=O)N2CCOCC2)s1. The fraction of sp³-hybridized carbons (Fsp3) is 0.312. The first kappa shape index (κ1) is 16.4. The molecule has 1 aromatic heterocycles. The van der Waals surface area contributed by atoms with Crippen LogP contribution in [0.15, 0.2) is 30.5 Å². The van der Waals surface area contributed by atoms with Gasteiger partial charge >= 0.3 is 6.09 Å². The lowest BCUT2D eigenvalue weighted by molar-refractivity contribution is 0.0415. The summed E-state index contributed by atoms with van der Waals surface area (Å²) in [5.74, 6) is -0.144. The van der Waals surface area contributed by atoms with E-state index in [4.69, 9.17) is 9.47 Å². The number of aromatic nitrogens is 1. The van der Waals surface area contributed by atoms with Crippen LogP contribution in [-0.4, -0.2) is 48.2 Å². The zero-order valence-electron chi connectivity index (χ0n) is 13.2. The number of benzene rings is 1. The van der Waals surface area contributed by atoms with E-state index in [0.717, 1.165) is 4.88 Å². The molecule has 2 amide bonds. The first-order valence-electron chi connectivity index (χ1n) is 7.51. The van der Waals surface area contributed by atoms with Crippen LogP contribution in [0.1, 0.15) is 15.2 Å². The van der Waals surface area contributed by atoms with Gasteiger partial charge < -0.3 is 14.4 Å². The number of hydrogen-bond acceptors (Lipinski definition) is 6. The van der Waals surface area contributed by atoms with E-state index in [1.165, 1.54) is 11.3 Å². The number of ether oxygens (including phenoxy) is 2. The molecule has 0 saturated carbocycles. The molecular formula is C16H17N3O4S. The second-order valence-electron chi connectivity index (χ2n) is 5.19. The van der Waals surface area contributed by atoms with Crippen LogP contribution < -0.4 is 10.1 Å². The predicted molar refractivity (Wildman–Crippen MR) is 89.7 cm³/mol. The zero-order chi connectivity index (χ0) is 16.9. The molecule has 0 spiro atoms. The highest BCUT2D eigenvalue weighted by atomic mass is 32.1. The van der Waals surface area contributed by atoms with E-state index in [1.807, 2.05) is 6.92 Å². The first-order chi connectivity index (χ1) is 11.6. The smallest absolute Gasteiger partial charge is 0.409 e. The molecule has 2 aromatic rings. The van der Waals surface area contributed by atoms with E-state index in [-0.39, 0.29) is 17.2 Å². The fourth-order valence-corrected chi connectivity index (χ4v) is 2.88. The largest absolute Gasteiger partial charge is 0.415 e. The molecule has 126 valence electrons. The average molecular weight is 347 g/mol. The summed E-state index contributed by atoms with van der Waals surface area (Å²) in [7, 11) is 0. The van der Waals surface area contributed by atoms with Crippen molar-refractivity contribution in [3.05, 3.63) is 40.9 Å². The van der Waals surface area contributed by atoms with Gasteiger partial charge in [-0.25, -0.2) is 9.78 Å². The third kappa shape index (κ3) is 3.90. The second-order valence-corrected chi connectivity index (χ2v) is 6.43. The monoisotopic (exact) mass is 347 g/mol. The van der Waals surface area contributed by atoms with Gasteiger partial charge in [-0.3, -0.25) is 10.1 Å². The lowest BCUT2D eigenvalue weighted by Gasteiger charge is -2.26. The summed E-state index contributed by atoms with van der Waals surface area (Å²) in [4.78, 5) is 31.3. The van der Waals surface area contributed by atoms with Gasteiger partial charge in [-0.1, -0.05) is 12.1 Å². The van der Waals surface area contributed by atoms with Crippen molar-refractivity contribution >= 4 is 28.5 Å². The molecule has 1 aliphatic rings. The summed E-state index contributed by atoms with van der Waals surface area (Å²) in [6.07, 6.45) is 1.20. The molecule has 8 heteroatoms. The maximum atomic E-state index is 12.4. The number of thiazole rings is 1. The molecule has 0 radical (unpaired) electrons. The third-order valence-electron chi connectivity index (χ3n) is 3.44. The fourth-order valence-electron chi connectivity index (χ4n) is 2.22. The topological polar surface area (TPSA) is 80.8 Å². The molecule has 0 bridgehead atoms. The number of aryl methyl sites for hydroxylation is 1. The van der Waals surface area contributed by atoms with E-state index in [0.29, 0.717) is 31.4 Å². The molecule has 24 heavy (non-hydrogen) atoms. The Hall–Kier alpha value is -2.45. The van der Waals surface area contributed by atoms with Crippen molar-refractivity contribution in [1.82, 2.24) is 9.88 Å². The minimum atomic E-state index is -0.483. The highest BCUT2D eigenvalue weighted by molar-refractivity contribution is 7.15. The third-order valence-corrected chi connectivity index (χ3v) is 4.27. The number of carbonyl (C=O) groups is 2. The highest BCUT2D eigenvalue weighted by Gasteiger charge is 2.21. The summed E-state index contributed by atoms with van der Waals surface area (Å²) in [5.41, 5.74) is 0.284. The Morgan fingerprint density at radius 1 is 1.29 bits per heavy atom. The number of nitrogens with zero attached hydrogens (tertiary/aromatic N) is 2. The van der Waals surface area contributed by atoms with Gasteiger partial charge in [0.25, 0.3) is 5.91 Å². The summed E-state index contributed by atoms with van der Waals surface area (Å²) >= 11 is 1.38. The van der Waals surface area contributed by atoms with Crippen molar-refractivity contribution in [2.45, 2.75) is 6.92 Å². The highest BCUT2D eigenvalue weighted by Crippen LogP contribution is 2.22. The molecule has 0 unspecified atom stereocenters. The maximum Gasteiger partial charge on any atom is 0.415 e. The van der Waals surface area contributed by atoms with Gasteiger partial charge in [0.15, 0.2) is 5.13 Å². The Labute approximate surface area is 143 Å². The van der Waals surface area contributed by atoms with Crippen LogP contribution in [0.25, 0.3) is 0 Å². The number of anilines is 1. The number of nitrogens with one attached hydrogen (secondary N) is 1. The summed E-state index contributed by atoms with van der Waals surface area (Å²) in [5, 5.41) is 3.22. The van der Waals surface area contributed by atoms with Gasteiger partial charge in [0, 0.05) is 24.2 Å². The van der Waals surface area contributed by atoms with Gasteiger partial charge in [-0.2, -0.15) is 0 Å². The quantitative estimate of drug-likeness (QED) is 0.923. The van der Waals surface area contributed by atoms with Gasteiger partial charge in [0.05, 0.1) is 18.8 Å². The van der Waals surface area contributed by atoms with E-state index >= 15 is 0 Å². The lowest BCUT2D eigenvalue weighted by atomic mass is 10.2. The van der Waals surface area contributed by atoms with E-state index in [1.54, 1.807) is 35.4 Å². The number of morpholine rings is 1. The summed E-state index contributed by atoms with van der Waals surface area (Å²) in [6.45, 7) is 3.84. The molecule has 1 N–H and O–H groups in total. The number of para-hydroxylation sites is 1. The van der Waals surface area contributed by atoms with Crippen LogP contribution in [-0.2, 0) is 4.74 Å². The number of amides is 2. The van der Waals surface area contributed by atoms with Gasteiger partial charge in [-0.15, -0.1) is 11.3 Å². The Morgan fingerprint density at radius 2 is 2.04 bits per heavy atom. The van der Waals surface area contributed by atoms with Crippen LogP contribution in [0.3, 0.4) is 0 Å². The molecular weight excluding hydrogens is 330 g/mol. The molecule has 0 atom stereocenters. The van der Waals surface area contributed by atoms with Crippen LogP contribution >= 0.6 is 11.3 Å². The van der Waals surface area contributed by atoms with Gasteiger partial charge in [-0.05, 0) is 19.1 Å². The molecule has 3 rings (SSSR count). The van der Waals surface area contributed by atoms with Crippen LogP contribution in [0.4, 0.5) is 9.93 Å². The molecule has 1 aliphatic heterocycles. The number of rotatable bonds is 3. The zero-order valence-corrected chi connectivity index (χ0v) is 14.0. The maximum absolute atomic E-state index is 12.4. The Bertz CT molecular complexity index is 740. The van der Waals surface area contributed by atoms with Crippen molar-refractivity contribution in [2.75, 3.05) is 31.6 Å². The molecule has 1 fully saturated rings. The normalized spacial score (nSPS) is 14.3. The molecule has 2 heterocycles. The van der Waals surface area contributed by atoms with Crippen LogP contribution in [0.5, 0.6) is 5.75 Å². The van der Waals surface area contributed by atoms with E-state index in [9.17, 15) is 9.59 Å². The van der Waals surface area contributed by atoms with Gasteiger partial charge in [0.1, 0.15) is 5.75 Å². The average Bonchev–Trinajstić information content (AvgIpc) is 3.01. The van der Waals surface area contributed by atoms with Crippen molar-refractivity contribution in [3.63, 3.8) is 0 Å². The van der Waals surface area contributed by atoms with Crippen molar-refractivity contribution in [2.24, 2.45) is 0 Å².